The first-order valence-corrected chi connectivity index (χ1v) is 9.84. The van der Waals surface area contributed by atoms with Crippen molar-refractivity contribution in [3.8, 4) is 5.75 Å². The number of barbiturate groups is 1. The maximum atomic E-state index is 13.0. The molecule has 0 aliphatic carbocycles. The van der Waals surface area contributed by atoms with Gasteiger partial charge in [-0.25, -0.2) is 14.5 Å². The molecule has 31 heavy (non-hydrogen) atoms. The number of halogens is 1. The maximum Gasteiger partial charge on any atom is 0.338 e. The molecule has 2 aromatic rings. The molecule has 1 fully saturated rings. The number of anilines is 1. The van der Waals surface area contributed by atoms with Crippen LogP contribution in [0.5, 0.6) is 5.75 Å². The Morgan fingerprint density at radius 2 is 1.77 bits per heavy atom. The number of hydrogen-bond donors (Lipinski definition) is 1. The van der Waals surface area contributed by atoms with Crippen molar-refractivity contribution in [1.82, 2.24) is 5.32 Å². The molecule has 1 N–H and O–H groups in total. The summed E-state index contributed by atoms with van der Waals surface area (Å²) < 4.78 is 10.4. The van der Waals surface area contributed by atoms with Gasteiger partial charge in [0.25, 0.3) is 11.8 Å². The molecule has 1 aliphatic heterocycles. The summed E-state index contributed by atoms with van der Waals surface area (Å²) in [4.78, 5) is 50.4. The average molecular weight is 443 g/mol. The molecule has 0 unspecified atom stereocenters. The summed E-state index contributed by atoms with van der Waals surface area (Å²) in [5.41, 5.74) is 0.602. The second kappa shape index (κ2) is 9.44. The predicted molar refractivity (Wildman–Crippen MR) is 114 cm³/mol. The van der Waals surface area contributed by atoms with Crippen molar-refractivity contribution >= 4 is 47.2 Å². The van der Waals surface area contributed by atoms with Gasteiger partial charge >= 0.3 is 12.0 Å². The van der Waals surface area contributed by atoms with E-state index in [9.17, 15) is 19.2 Å². The highest BCUT2D eigenvalue weighted by atomic mass is 35.5. The zero-order valence-corrected chi connectivity index (χ0v) is 17.6. The highest BCUT2D eigenvalue weighted by molar-refractivity contribution is 6.39. The van der Waals surface area contributed by atoms with E-state index in [4.69, 9.17) is 21.1 Å². The monoisotopic (exact) mass is 442 g/mol. The van der Waals surface area contributed by atoms with E-state index in [-0.39, 0.29) is 23.4 Å². The third kappa shape index (κ3) is 4.75. The van der Waals surface area contributed by atoms with Crippen LogP contribution in [0, 0.1) is 0 Å². The van der Waals surface area contributed by atoms with Crippen LogP contribution in [0.2, 0.25) is 5.02 Å². The minimum atomic E-state index is -0.896. The molecule has 9 heteroatoms. The van der Waals surface area contributed by atoms with E-state index in [2.05, 4.69) is 5.32 Å². The SMILES string of the molecule is CCOC(=O)c1ccc(N2C(=O)NC(=O)/C(=C\c3cc(Cl)ccc3OCC)C2=O)cc1. The van der Waals surface area contributed by atoms with Crippen LogP contribution in [-0.4, -0.2) is 37.0 Å². The van der Waals surface area contributed by atoms with E-state index in [1.807, 2.05) is 0 Å². The Bertz CT molecular complexity index is 1080. The second-order valence-corrected chi connectivity index (χ2v) is 6.78. The lowest BCUT2D eigenvalue weighted by molar-refractivity contribution is -0.122. The van der Waals surface area contributed by atoms with E-state index in [0.717, 1.165) is 4.90 Å². The first kappa shape index (κ1) is 22.0. The molecule has 160 valence electrons. The lowest BCUT2D eigenvalue weighted by atomic mass is 10.1. The number of urea groups is 1. The molecule has 4 amide bonds. The van der Waals surface area contributed by atoms with Gasteiger partial charge in [-0.3, -0.25) is 14.9 Å². The molecule has 8 nitrogen and oxygen atoms in total. The lowest BCUT2D eigenvalue weighted by Gasteiger charge is -2.26. The summed E-state index contributed by atoms with van der Waals surface area (Å²) in [6.45, 7) is 4.07. The van der Waals surface area contributed by atoms with Crippen LogP contribution in [0.3, 0.4) is 0 Å². The number of nitrogens with zero attached hydrogens (tertiary/aromatic N) is 1. The Kier molecular flexibility index (Phi) is 6.71. The zero-order valence-electron chi connectivity index (χ0n) is 16.8. The highest BCUT2D eigenvalue weighted by Crippen LogP contribution is 2.28. The van der Waals surface area contributed by atoms with Crippen LogP contribution in [0.25, 0.3) is 6.08 Å². The van der Waals surface area contributed by atoms with Crippen LogP contribution in [0.1, 0.15) is 29.8 Å². The smallest absolute Gasteiger partial charge is 0.338 e. The molecule has 0 spiro atoms. The minimum absolute atomic E-state index is 0.185. The van der Waals surface area contributed by atoms with Gasteiger partial charge in [-0.15, -0.1) is 0 Å². The summed E-state index contributed by atoms with van der Waals surface area (Å²) in [6.07, 6.45) is 1.32. The van der Waals surface area contributed by atoms with Crippen LogP contribution in [0.15, 0.2) is 48.0 Å². The number of ether oxygens (including phenoxy) is 2. The molecule has 0 saturated carbocycles. The van der Waals surface area contributed by atoms with Crippen molar-refractivity contribution in [2.75, 3.05) is 18.1 Å². The van der Waals surface area contributed by atoms with Crippen molar-refractivity contribution in [2.45, 2.75) is 13.8 Å². The van der Waals surface area contributed by atoms with Gasteiger partial charge in [0, 0.05) is 10.6 Å². The molecular weight excluding hydrogens is 424 g/mol. The molecule has 0 atom stereocenters. The molecular formula is C22H19ClN2O6. The van der Waals surface area contributed by atoms with E-state index < -0.39 is 23.8 Å². The van der Waals surface area contributed by atoms with Crippen LogP contribution < -0.4 is 15.0 Å². The van der Waals surface area contributed by atoms with Crippen molar-refractivity contribution in [3.63, 3.8) is 0 Å². The number of carbonyl (C=O) groups is 4. The van der Waals surface area contributed by atoms with E-state index in [1.165, 1.54) is 30.3 Å². The molecule has 2 aromatic carbocycles. The number of imide groups is 2. The van der Waals surface area contributed by atoms with E-state index in [0.29, 0.717) is 22.9 Å². The average Bonchev–Trinajstić information content (AvgIpc) is 2.73. The summed E-state index contributed by atoms with van der Waals surface area (Å²) in [7, 11) is 0. The van der Waals surface area contributed by atoms with Gasteiger partial charge in [0.1, 0.15) is 11.3 Å². The van der Waals surface area contributed by atoms with Crippen molar-refractivity contribution in [3.05, 3.63) is 64.2 Å². The van der Waals surface area contributed by atoms with Gasteiger partial charge in [0.15, 0.2) is 0 Å². The van der Waals surface area contributed by atoms with E-state index in [1.54, 1.807) is 32.0 Å². The Hall–Kier alpha value is -3.65. The van der Waals surface area contributed by atoms with Gasteiger partial charge in [0.05, 0.1) is 24.5 Å². The number of hydrogen-bond acceptors (Lipinski definition) is 6. The second-order valence-electron chi connectivity index (χ2n) is 6.34. The van der Waals surface area contributed by atoms with Gasteiger partial charge in [-0.1, -0.05) is 11.6 Å². The lowest BCUT2D eigenvalue weighted by Crippen LogP contribution is -2.54. The topological polar surface area (TPSA) is 102 Å². The molecule has 1 aliphatic rings. The molecule has 3 rings (SSSR count). The Morgan fingerprint density at radius 3 is 2.42 bits per heavy atom. The quantitative estimate of drug-likeness (QED) is 0.416. The fourth-order valence-electron chi connectivity index (χ4n) is 2.93. The fraction of sp³-hybridized carbons (Fsp3) is 0.182. The number of carbonyl (C=O) groups excluding carboxylic acids is 4. The zero-order chi connectivity index (χ0) is 22.5. The minimum Gasteiger partial charge on any atom is -0.493 e. The van der Waals surface area contributed by atoms with Crippen LogP contribution in [0.4, 0.5) is 10.5 Å². The normalized spacial score (nSPS) is 15.1. The molecule has 0 radical (unpaired) electrons. The maximum absolute atomic E-state index is 13.0. The van der Waals surface area contributed by atoms with E-state index >= 15 is 0 Å². The molecule has 1 heterocycles. The standard InChI is InChI=1S/C22H19ClN2O6/c1-3-30-18-10-7-15(23)11-14(18)12-17-19(26)24-22(29)25(20(17)27)16-8-5-13(6-9-16)21(28)31-4-2/h5-12H,3-4H2,1-2H3,(H,24,26,29)/b17-12+. The Balaban J connectivity index is 1.97. The fourth-order valence-corrected chi connectivity index (χ4v) is 3.11. The first-order chi connectivity index (χ1) is 14.8. The highest BCUT2D eigenvalue weighted by Gasteiger charge is 2.37. The Labute approximate surface area is 183 Å². The third-order valence-corrected chi connectivity index (χ3v) is 4.54. The number of rotatable bonds is 6. The summed E-state index contributed by atoms with van der Waals surface area (Å²) in [5.74, 6) is -1.75. The van der Waals surface area contributed by atoms with Crippen LogP contribution >= 0.6 is 11.6 Å². The molecule has 0 bridgehead atoms. The number of benzene rings is 2. The number of esters is 1. The van der Waals surface area contributed by atoms with Gasteiger partial charge in [-0.05, 0) is 62.4 Å². The Morgan fingerprint density at radius 1 is 1.06 bits per heavy atom. The molecule has 1 saturated heterocycles. The van der Waals surface area contributed by atoms with Gasteiger partial charge in [0.2, 0.25) is 0 Å². The van der Waals surface area contributed by atoms with Crippen molar-refractivity contribution in [2.24, 2.45) is 0 Å². The summed E-state index contributed by atoms with van der Waals surface area (Å²) >= 11 is 6.05. The molecule has 0 aromatic heterocycles. The summed E-state index contributed by atoms with van der Waals surface area (Å²) in [6, 6.07) is 9.60. The van der Waals surface area contributed by atoms with Crippen molar-refractivity contribution < 1.29 is 28.7 Å². The number of nitrogens with one attached hydrogen (secondary N) is 1. The number of amides is 4. The first-order valence-electron chi connectivity index (χ1n) is 9.46. The summed E-state index contributed by atoms with van der Waals surface area (Å²) in [5, 5.41) is 2.54. The predicted octanol–water partition coefficient (Wildman–Crippen LogP) is 3.58. The van der Waals surface area contributed by atoms with Gasteiger partial charge in [-0.2, -0.15) is 0 Å². The van der Waals surface area contributed by atoms with Crippen LogP contribution in [-0.2, 0) is 14.3 Å². The van der Waals surface area contributed by atoms with Crippen molar-refractivity contribution in [1.29, 1.82) is 0 Å². The largest absolute Gasteiger partial charge is 0.493 e. The third-order valence-electron chi connectivity index (χ3n) is 4.31. The van der Waals surface area contributed by atoms with Gasteiger partial charge < -0.3 is 9.47 Å².